The summed E-state index contributed by atoms with van der Waals surface area (Å²) in [5.41, 5.74) is 2.16. The summed E-state index contributed by atoms with van der Waals surface area (Å²) in [6.07, 6.45) is 3.03. The first kappa shape index (κ1) is 12.2. The fraction of sp³-hybridized carbons (Fsp3) is 0.467. The number of hydrogen-bond acceptors (Lipinski definition) is 2. The van der Waals surface area contributed by atoms with Gasteiger partial charge in [0.05, 0.1) is 5.92 Å². The first-order valence-electron chi connectivity index (χ1n) is 6.85. The molecule has 0 spiro atoms. The lowest BCUT2D eigenvalue weighted by molar-refractivity contribution is -0.125. The van der Waals surface area contributed by atoms with Crippen molar-refractivity contribution in [2.24, 2.45) is 0 Å². The van der Waals surface area contributed by atoms with Crippen LogP contribution in [0, 0.1) is 6.92 Å². The van der Waals surface area contributed by atoms with Gasteiger partial charge in [-0.3, -0.25) is 10.1 Å². The van der Waals surface area contributed by atoms with E-state index >= 15 is 0 Å². The molecule has 2 fully saturated rings. The van der Waals surface area contributed by atoms with Crippen molar-refractivity contribution in [2.75, 3.05) is 6.54 Å². The number of nitrogens with zero attached hydrogens (tertiary/aromatic N) is 1. The Labute approximate surface area is 112 Å². The third kappa shape index (κ3) is 2.01. The molecular formula is C15H18N2O2. The summed E-state index contributed by atoms with van der Waals surface area (Å²) >= 11 is 0. The number of carbonyl (C=O) groups excluding carboxylic acids is 2. The van der Waals surface area contributed by atoms with Gasteiger partial charge in [-0.1, -0.05) is 24.3 Å². The van der Waals surface area contributed by atoms with Gasteiger partial charge in [-0.25, -0.2) is 4.79 Å². The van der Waals surface area contributed by atoms with Gasteiger partial charge in [0.25, 0.3) is 0 Å². The van der Waals surface area contributed by atoms with Gasteiger partial charge in [0.15, 0.2) is 0 Å². The highest BCUT2D eigenvalue weighted by atomic mass is 16.2. The van der Waals surface area contributed by atoms with Crippen molar-refractivity contribution in [3.05, 3.63) is 35.4 Å². The molecular weight excluding hydrogens is 240 g/mol. The third-order valence-electron chi connectivity index (χ3n) is 4.23. The second-order valence-corrected chi connectivity index (χ2v) is 5.39. The van der Waals surface area contributed by atoms with Crippen molar-refractivity contribution in [1.29, 1.82) is 0 Å². The molecule has 1 N–H and O–H groups in total. The van der Waals surface area contributed by atoms with E-state index < -0.39 is 0 Å². The molecule has 2 heterocycles. The van der Waals surface area contributed by atoms with Crippen LogP contribution < -0.4 is 5.32 Å². The first-order chi connectivity index (χ1) is 9.18. The average molecular weight is 258 g/mol. The van der Waals surface area contributed by atoms with Gasteiger partial charge in [0, 0.05) is 12.6 Å². The van der Waals surface area contributed by atoms with E-state index in [1.807, 2.05) is 36.1 Å². The SMILES string of the molecule is Cc1ccccc1[C@H]1C(=O)NC(=O)N2CCCC[C@H]12. The van der Waals surface area contributed by atoms with Crippen LogP contribution in [0.25, 0.3) is 0 Å². The predicted molar refractivity (Wildman–Crippen MR) is 71.8 cm³/mol. The van der Waals surface area contributed by atoms with E-state index in [1.54, 1.807) is 0 Å². The number of aryl methyl sites for hydroxylation is 1. The summed E-state index contributed by atoms with van der Waals surface area (Å²) in [6.45, 7) is 2.78. The van der Waals surface area contributed by atoms with Gasteiger partial charge in [-0.15, -0.1) is 0 Å². The summed E-state index contributed by atoms with van der Waals surface area (Å²) in [4.78, 5) is 26.0. The standard InChI is InChI=1S/C15H18N2O2/c1-10-6-2-3-7-11(10)13-12-8-4-5-9-17(12)15(19)16-14(13)18/h2-3,6-7,12-13H,4-5,8-9H2,1H3,(H,16,18,19)/t12-,13-/m1/s1. The maximum Gasteiger partial charge on any atom is 0.324 e. The Morgan fingerprint density at radius 1 is 1.21 bits per heavy atom. The molecule has 0 unspecified atom stereocenters. The van der Waals surface area contributed by atoms with Crippen molar-refractivity contribution in [1.82, 2.24) is 10.2 Å². The molecule has 0 saturated carbocycles. The van der Waals surface area contributed by atoms with E-state index in [1.165, 1.54) is 0 Å². The maximum atomic E-state index is 12.3. The lowest BCUT2D eigenvalue weighted by Gasteiger charge is -2.43. The second kappa shape index (κ2) is 4.68. The monoisotopic (exact) mass is 258 g/mol. The van der Waals surface area contributed by atoms with Gasteiger partial charge in [-0.05, 0) is 37.3 Å². The van der Waals surface area contributed by atoms with E-state index in [9.17, 15) is 9.59 Å². The van der Waals surface area contributed by atoms with Crippen LogP contribution in [0.5, 0.6) is 0 Å². The van der Waals surface area contributed by atoms with Crippen molar-refractivity contribution >= 4 is 11.9 Å². The minimum absolute atomic E-state index is 0.0242. The number of amides is 3. The average Bonchev–Trinajstić information content (AvgIpc) is 2.41. The second-order valence-electron chi connectivity index (χ2n) is 5.39. The zero-order valence-corrected chi connectivity index (χ0v) is 11.1. The molecule has 4 heteroatoms. The van der Waals surface area contributed by atoms with Crippen molar-refractivity contribution in [2.45, 2.75) is 38.1 Å². The number of carbonyl (C=O) groups is 2. The highest BCUT2D eigenvalue weighted by Gasteiger charge is 2.43. The molecule has 2 aliphatic heterocycles. The van der Waals surface area contributed by atoms with E-state index in [4.69, 9.17) is 0 Å². The van der Waals surface area contributed by atoms with Crippen LogP contribution >= 0.6 is 0 Å². The van der Waals surface area contributed by atoms with Crippen LogP contribution in [0.3, 0.4) is 0 Å². The summed E-state index contributed by atoms with van der Waals surface area (Å²) in [6, 6.07) is 7.76. The van der Waals surface area contributed by atoms with Gasteiger partial charge in [0.1, 0.15) is 0 Å². The van der Waals surface area contributed by atoms with Crippen molar-refractivity contribution in [3.8, 4) is 0 Å². The smallest absolute Gasteiger partial charge is 0.320 e. The number of fused-ring (bicyclic) bond motifs is 1. The fourth-order valence-electron chi connectivity index (χ4n) is 3.27. The molecule has 0 aromatic heterocycles. The molecule has 1 aromatic rings. The third-order valence-corrected chi connectivity index (χ3v) is 4.23. The molecule has 2 saturated heterocycles. The highest BCUT2D eigenvalue weighted by molar-refractivity contribution is 6.01. The summed E-state index contributed by atoms with van der Waals surface area (Å²) in [5, 5.41) is 2.50. The Bertz CT molecular complexity index is 527. The number of imide groups is 1. The Balaban J connectivity index is 2.01. The molecule has 1 aromatic carbocycles. The van der Waals surface area contributed by atoms with Crippen LogP contribution in [0.4, 0.5) is 4.79 Å². The summed E-state index contributed by atoms with van der Waals surface area (Å²) in [7, 11) is 0. The van der Waals surface area contributed by atoms with Gasteiger partial charge in [0.2, 0.25) is 5.91 Å². The molecule has 0 radical (unpaired) electrons. The van der Waals surface area contributed by atoms with E-state index in [0.717, 1.165) is 36.9 Å². The Morgan fingerprint density at radius 2 is 2.00 bits per heavy atom. The van der Waals surface area contributed by atoms with Crippen molar-refractivity contribution in [3.63, 3.8) is 0 Å². The van der Waals surface area contributed by atoms with Gasteiger partial charge < -0.3 is 4.90 Å². The number of rotatable bonds is 1. The number of nitrogens with one attached hydrogen (secondary N) is 1. The highest BCUT2D eigenvalue weighted by Crippen LogP contribution is 2.34. The quantitative estimate of drug-likeness (QED) is 0.839. The number of hydrogen-bond donors (Lipinski definition) is 1. The topological polar surface area (TPSA) is 49.4 Å². The number of urea groups is 1. The Hall–Kier alpha value is -1.84. The minimum Gasteiger partial charge on any atom is -0.320 e. The van der Waals surface area contributed by atoms with Gasteiger partial charge >= 0.3 is 6.03 Å². The molecule has 0 aliphatic carbocycles. The van der Waals surface area contributed by atoms with E-state index in [0.29, 0.717) is 0 Å². The lowest BCUT2D eigenvalue weighted by Crippen LogP contribution is -2.60. The fourth-order valence-corrected chi connectivity index (χ4v) is 3.27. The molecule has 3 rings (SSSR count). The number of benzene rings is 1. The van der Waals surface area contributed by atoms with Crippen molar-refractivity contribution < 1.29 is 9.59 Å². The van der Waals surface area contributed by atoms with E-state index in [-0.39, 0.29) is 23.9 Å². The van der Waals surface area contributed by atoms with Crippen LogP contribution in [0.15, 0.2) is 24.3 Å². The molecule has 3 amide bonds. The van der Waals surface area contributed by atoms with Crippen LogP contribution in [0.1, 0.15) is 36.3 Å². The van der Waals surface area contributed by atoms with Crippen LogP contribution in [-0.2, 0) is 4.79 Å². The summed E-state index contributed by atoms with van der Waals surface area (Å²) < 4.78 is 0. The molecule has 19 heavy (non-hydrogen) atoms. The minimum atomic E-state index is -0.223. The molecule has 2 atom stereocenters. The predicted octanol–water partition coefficient (Wildman–Crippen LogP) is 2.18. The van der Waals surface area contributed by atoms with E-state index in [2.05, 4.69) is 5.32 Å². The lowest BCUT2D eigenvalue weighted by atomic mass is 9.81. The largest absolute Gasteiger partial charge is 0.324 e. The van der Waals surface area contributed by atoms with Gasteiger partial charge in [-0.2, -0.15) is 0 Å². The zero-order chi connectivity index (χ0) is 13.4. The molecule has 2 aliphatic rings. The maximum absolute atomic E-state index is 12.3. The molecule has 4 nitrogen and oxygen atoms in total. The molecule has 0 bridgehead atoms. The van der Waals surface area contributed by atoms with Crippen LogP contribution in [0.2, 0.25) is 0 Å². The normalized spacial score (nSPS) is 26.9. The number of piperidine rings is 1. The Kier molecular flexibility index (Phi) is 3.01. The zero-order valence-electron chi connectivity index (χ0n) is 11.1. The molecule has 100 valence electrons. The Morgan fingerprint density at radius 3 is 2.79 bits per heavy atom. The first-order valence-corrected chi connectivity index (χ1v) is 6.85. The van der Waals surface area contributed by atoms with Crippen LogP contribution in [-0.4, -0.2) is 29.4 Å². The summed E-state index contributed by atoms with van der Waals surface area (Å²) in [5.74, 6) is -0.373.